The van der Waals surface area contributed by atoms with Gasteiger partial charge in [-0.1, -0.05) is 19.1 Å². The zero-order valence-electron chi connectivity index (χ0n) is 16.6. The van der Waals surface area contributed by atoms with E-state index in [1.54, 1.807) is 50.8 Å². The highest BCUT2D eigenvalue weighted by atomic mass is 16.5. The molecule has 1 saturated heterocycles. The molecule has 0 saturated carbocycles. The van der Waals surface area contributed by atoms with Crippen molar-refractivity contribution in [3.05, 3.63) is 58.5 Å². The molecule has 148 valence electrons. The third kappa shape index (κ3) is 4.27. The second-order valence-electron chi connectivity index (χ2n) is 7.03. The lowest BCUT2D eigenvalue weighted by molar-refractivity contribution is -0.126. The van der Waals surface area contributed by atoms with Gasteiger partial charge in [-0.25, -0.2) is 0 Å². The Morgan fingerprint density at radius 2 is 1.79 bits per heavy atom. The number of nitrogens with zero attached hydrogens (tertiary/aromatic N) is 2. The van der Waals surface area contributed by atoms with Crippen LogP contribution in [0.1, 0.15) is 25.3 Å². The summed E-state index contributed by atoms with van der Waals surface area (Å²) in [4.78, 5) is 27.5. The summed E-state index contributed by atoms with van der Waals surface area (Å²) in [5.74, 6) is 1.64. The molecule has 1 aromatic heterocycles. The van der Waals surface area contributed by atoms with Crippen molar-refractivity contribution in [1.82, 2.24) is 9.47 Å². The van der Waals surface area contributed by atoms with E-state index in [2.05, 4.69) is 6.92 Å². The highest BCUT2D eigenvalue weighted by molar-refractivity contribution is 6.18. The van der Waals surface area contributed by atoms with Crippen LogP contribution >= 0.6 is 0 Å². The van der Waals surface area contributed by atoms with Crippen LogP contribution in [-0.2, 0) is 4.79 Å². The molecule has 0 N–H and O–H groups in total. The van der Waals surface area contributed by atoms with E-state index in [0.29, 0.717) is 36.2 Å². The van der Waals surface area contributed by atoms with Crippen molar-refractivity contribution in [2.45, 2.75) is 19.8 Å². The van der Waals surface area contributed by atoms with Gasteiger partial charge in [0.2, 0.25) is 0 Å². The topological polar surface area (TPSA) is 60.8 Å². The molecular weight excluding hydrogens is 356 g/mol. The van der Waals surface area contributed by atoms with Crippen molar-refractivity contribution < 1.29 is 14.3 Å². The van der Waals surface area contributed by atoms with Crippen LogP contribution in [0.5, 0.6) is 11.5 Å². The largest absolute Gasteiger partial charge is 0.493 e. The number of hydrogen-bond donors (Lipinski definition) is 0. The average Bonchev–Trinajstić information content (AvgIpc) is 2.72. The minimum atomic E-state index is -0.243. The van der Waals surface area contributed by atoms with Gasteiger partial charge >= 0.3 is 0 Å². The van der Waals surface area contributed by atoms with Gasteiger partial charge in [0.25, 0.3) is 11.5 Å². The highest BCUT2D eigenvalue weighted by Gasteiger charge is 2.24. The molecule has 1 aliphatic heterocycles. The molecule has 1 amide bonds. The first-order valence-electron chi connectivity index (χ1n) is 9.44. The molecule has 2 aromatic rings. The first-order chi connectivity index (χ1) is 13.5. The first kappa shape index (κ1) is 19.7. The van der Waals surface area contributed by atoms with Gasteiger partial charge in [-0.05, 0) is 48.6 Å². The predicted molar refractivity (Wildman–Crippen MR) is 109 cm³/mol. The van der Waals surface area contributed by atoms with Crippen LogP contribution in [0, 0.1) is 5.92 Å². The van der Waals surface area contributed by atoms with Crippen molar-refractivity contribution in [1.29, 1.82) is 0 Å². The molecule has 2 heterocycles. The van der Waals surface area contributed by atoms with Gasteiger partial charge in [0.15, 0.2) is 11.5 Å². The summed E-state index contributed by atoms with van der Waals surface area (Å²) in [5, 5.41) is 0. The summed E-state index contributed by atoms with van der Waals surface area (Å²) in [6.07, 6.45) is 5.29. The van der Waals surface area contributed by atoms with Crippen molar-refractivity contribution in [2.75, 3.05) is 27.3 Å². The second kappa shape index (κ2) is 8.78. The van der Waals surface area contributed by atoms with Gasteiger partial charge in [0.05, 0.1) is 14.2 Å². The van der Waals surface area contributed by atoms with Gasteiger partial charge < -0.3 is 14.4 Å². The molecule has 1 aromatic carbocycles. The van der Waals surface area contributed by atoms with E-state index < -0.39 is 0 Å². The van der Waals surface area contributed by atoms with Crippen LogP contribution in [-0.4, -0.2) is 42.7 Å². The maximum atomic E-state index is 13.3. The summed E-state index contributed by atoms with van der Waals surface area (Å²) in [6.45, 7) is 3.60. The summed E-state index contributed by atoms with van der Waals surface area (Å²) in [5.41, 5.74) is 0.836. The molecular formula is C22H26N2O4. The van der Waals surface area contributed by atoms with E-state index in [9.17, 15) is 9.59 Å². The molecule has 0 spiro atoms. The first-order valence-corrected chi connectivity index (χ1v) is 9.44. The number of carbonyl (C=O) groups excluding carboxylic acids is 1. The normalized spacial score (nSPS) is 15.4. The molecule has 0 unspecified atom stereocenters. The molecule has 1 aliphatic rings. The number of benzene rings is 1. The fraction of sp³-hybridized carbons (Fsp3) is 0.364. The molecule has 0 bridgehead atoms. The minimum Gasteiger partial charge on any atom is -0.493 e. The second-order valence-corrected chi connectivity index (χ2v) is 7.03. The number of amides is 1. The molecule has 0 atom stereocenters. The third-order valence-electron chi connectivity index (χ3n) is 5.08. The number of pyridine rings is 1. The summed E-state index contributed by atoms with van der Waals surface area (Å²) >= 11 is 0. The van der Waals surface area contributed by atoms with E-state index in [4.69, 9.17) is 9.47 Å². The Morgan fingerprint density at radius 3 is 2.43 bits per heavy atom. The number of hydrogen-bond acceptors (Lipinski definition) is 4. The van der Waals surface area contributed by atoms with Gasteiger partial charge in [-0.2, -0.15) is 0 Å². The molecule has 0 aliphatic carbocycles. The summed E-state index contributed by atoms with van der Waals surface area (Å²) in [6, 6.07) is 10.3. The van der Waals surface area contributed by atoms with Crippen molar-refractivity contribution in [3.8, 4) is 11.5 Å². The van der Waals surface area contributed by atoms with Crippen molar-refractivity contribution in [3.63, 3.8) is 0 Å². The molecule has 3 rings (SSSR count). The Labute approximate surface area is 165 Å². The lowest BCUT2D eigenvalue weighted by atomic mass is 9.99. The minimum absolute atomic E-state index is 0.144. The van der Waals surface area contributed by atoms with Crippen LogP contribution in [0.3, 0.4) is 0 Å². The maximum Gasteiger partial charge on any atom is 0.270 e. The summed E-state index contributed by atoms with van der Waals surface area (Å²) < 4.78 is 12.0. The zero-order valence-corrected chi connectivity index (χ0v) is 16.6. The standard InChI is InChI=1S/C22H26N2O4/c1-16-9-12-23(13-10-16)22(26)18(24-11-5-4-6-21(24)25)14-17-7-8-19(27-2)20(15-17)28-3/h4-8,11,14-16H,9-10,12-13H2,1-3H3. The highest BCUT2D eigenvalue weighted by Crippen LogP contribution is 2.29. The third-order valence-corrected chi connectivity index (χ3v) is 5.08. The van der Waals surface area contributed by atoms with E-state index in [-0.39, 0.29) is 11.5 Å². The monoisotopic (exact) mass is 382 g/mol. The number of aromatic nitrogens is 1. The Morgan fingerprint density at radius 1 is 1.07 bits per heavy atom. The lowest BCUT2D eigenvalue weighted by Crippen LogP contribution is -2.40. The zero-order chi connectivity index (χ0) is 20.1. The number of carbonyl (C=O) groups is 1. The molecule has 28 heavy (non-hydrogen) atoms. The fourth-order valence-electron chi connectivity index (χ4n) is 3.33. The van der Waals surface area contributed by atoms with Crippen LogP contribution in [0.4, 0.5) is 0 Å². The van der Waals surface area contributed by atoms with Gasteiger partial charge in [-0.15, -0.1) is 0 Å². The number of piperidine rings is 1. The fourth-order valence-corrected chi connectivity index (χ4v) is 3.33. The van der Waals surface area contributed by atoms with Crippen molar-refractivity contribution >= 4 is 17.7 Å². The Bertz CT molecular complexity index is 924. The Hall–Kier alpha value is -3.02. The van der Waals surface area contributed by atoms with Crippen LogP contribution < -0.4 is 15.0 Å². The molecule has 6 nitrogen and oxygen atoms in total. The number of ether oxygens (including phenoxy) is 2. The predicted octanol–water partition coefficient (Wildman–Crippen LogP) is 3.12. The maximum absolute atomic E-state index is 13.3. The number of methoxy groups -OCH3 is 2. The Balaban J connectivity index is 2.04. The van der Waals surface area contributed by atoms with Gasteiger partial charge in [0, 0.05) is 25.4 Å². The lowest BCUT2D eigenvalue weighted by Gasteiger charge is -2.31. The van der Waals surface area contributed by atoms with E-state index >= 15 is 0 Å². The van der Waals surface area contributed by atoms with Crippen molar-refractivity contribution in [2.24, 2.45) is 5.92 Å². The SMILES string of the molecule is COc1ccc(C=C(C(=O)N2CCC(C)CC2)n2ccccc2=O)cc1OC. The van der Waals surface area contributed by atoms with Gasteiger partial charge in [-0.3, -0.25) is 14.2 Å². The number of likely N-dealkylation sites (tertiary alicyclic amines) is 1. The van der Waals surface area contributed by atoms with Gasteiger partial charge in [0.1, 0.15) is 5.70 Å². The Kier molecular flexibility index (Phi) is 6.19. The van der Waals surface area contributed by atoms with Crippen LogP contribution in [0.2, 0.25) is 0 Å². The van der Waals surface area contributed by atoms with E-state index in [1.165, 1.54) is 10.6 Å². The van der Waals surface area contributed by atoms with E-state index in [0.717, 1.165) is 18.4 Å². The quantitative estimate of drug-likeness (QED) is 0.746. The smallest absolute Gasteiger partial charge is 0.270 e. The average molecular weight is 382 g/mol. The molecule has 0 radical (unpaired) electrons. The summed E-state index contributed by atoms with van der Waals surface area (Å²) in [7, 11) is 3.14. The van der Waals surface area contributed by atoms with Crippen LogP contribution in [0.15, 0.2) is 47.4 Å². The van der Waals surface area contributed by atoms with Crippen LogP contribution in [0.25, 0.3) is 11.8 Å². The molecule has 1 fully saturated rings. The number of rotatable bonds is 5. The van der Waals surface area contributed by atoms with E-state index in [1.807, 2.05) is 11.0 Å². The molecule has 6 heteroatoms.